The van der Waals surface area contributed by atoms with Gasteiger partial charge in [0.15, 0.2) is 0 Å². The predicted octanol–water partition coefficient (Wildman–Crippen LogP) is 3.76. The molecule has 3 rings (SSSR count). The largest absolute Gasteiger partial charge is 0.497 e. The molecule has 0 aliphatic rings. The highest BCUT2D eigenvalue weighted by Gasteiger charge is 2.33. The number of hydrogen-bond acceptors (Lipinski definition) is 6. The number of amides is 2. The van der Waals surface area contributed by atoms with Crippen LogP contribution in [0.15, 0.2) is 77.7 Å². The fraction of sp³-hybridized carbons (Fsp3) is 0.310. The average Bonchev–Trinajstić information content (AvgIpc) is 2.95. The van der Waals surface area contributed by atoms with Gasteiger partial charge in [0.05, 0.1) is 24.8 Å². The number of sulfonamides is 1. The Kier molecular flexibility index (Phi) is 9.95. The second-order valence-electron chi connectivity index (χ2n) is 8.94. The van der Waals surface area contributed by atoms with Gasteiger partial charge < -0.3 is 19.7 Å². The summed E-state index contributed by atoms with van der Waals surface area (Å²) >= 11 is 0. The number of benzene rings is 3. The molecule has 2 amide bonds. The summed E-state index contributed by atoms with van der Waals surface area (Å²) < 4.78 is 39.6. The van der Waals surface area contributed by atoms with Crippen molar-refractivity contribution in [2.24, 2.45) is 0 Å². The van der Waals surface area contributed by atoms with Crippen molar-refractivity contribution in [3.05, 3.63) is 83.9 Å². The highest BCUT2D eigenvalue weighted by molar-refractivity contribution is 7.92. The van der Waals surface area contributed by atoms with Crippen LogP contribution < -0.4 is 19.1 Å². The molecule has 1 atom stereocenters. The maximum Gasteiger partial charge on any atom is 0.264 e. The van der Waals surface area contributed by atoms with Gasteiger partial charge in [0.25, 0.3) is 10.0 Å². The van der Waals surface area contributed by atoms with Crippen LogP contribution in [-0.2, 0) is 26.2 Å². The van der Waals surface area contributed by atoms with Crippen LogP contribution in [0.4, 0.5) is 5.69 Å². The van der Waals surface area contributed by atoms with Crippen LogP contribution in [0.3, 0.4) is 0 Å². The van der Waals surface area contributed by atoms with E-state index in [0.29, 0.717) is 18.0 Å². The Bertz CT molecular complexity index is 1380. The molecule has 0 fully saturated rings. The molecule has 0 saturated heterocycles. The Balaban J connectivity index is 2.07. The summed E-state index contributed by atoms with van der Waals surface area (Å²) in [7, 11) is -1.18. The number of rotatable bonds is 12. The lowest BCUT2D eigenvalue weighted by atomic mass is 10.1. The Morgan fingerprint density at radius 3 is 2.21 bits per heavy atom. The van der Waals surface area contributed by atoms with E-state index in [9.17, 15) is 18.0 Å². The number of ether oxygens (including phenoxy) is 2. The number of hydrogen-bond donors (Lipinski definition) is 1. The lowest BCUT2D eigenvalue weighted by Crippen LogP contribution is -2.51. The molecule has 3 aromatic rings. The Morgan fingerprint density at radius 1 is 0.949 bits per heavy atom. The summed E-state index contributed by atoms with van der Waals surface area (Å²) in [5.74, 6) is 0.0593. The molecule has 0 bridgehead atoms. The molecule has 0 aromatic heterocycles. The zero-order chi connectivity index (χ0) is 28.6. The lowest BCUT2D eigenvalue weighted by Gasteiger charge is -2.32. The minimum absolute atomic E-state index is 0.0276. The monoisotopic (exact) mass is 553 g/mol. The minimum Gasteiger partial charge on any atom is -0.497 e. The molecule has 0 saturated carbocycles. The van der Waals surface area contributed by atoms with Crippen molar-refractivity contribution in [2.45, 2.75) is 38.3 Å². The molecule has 0 unspecified atom stereocenters. The maximum atomic E-state index is 13.9. The summed E-state index contributed by atoms with van der Waals surface area (Å²) in [6, 6.07) is 19.3. The van der Waals surface area contributed by atoms with E-state index >= 15 is 0 Å². The van der Waals surface area contributed by atoms with Crippen molar-refractivity contribution in [3.8, 4) is 11.5 Å². The molecule has 3 aromatic carbocycles. The van der Waals surface area contributed by atoms with Crippen LogP contribution in [0, 0.1) is 6.92 Å². The number of likely N-dealkylation sites (N-methyl/N-ethyl adjacent to an activating group) is 1. The third-order valence-corrected chi connectivity index (χ3v) is 8.02. The Hall–Kier alpha value is -4.05. The molecule has 0 heterocycles. The van der Waals surface area contributed by atoms with Crippen molar-refractivity contribution in [1.82, 2.24) is 10.2 Å². The van der Waals surface area contributed by atoms with Crippen LogP contribution in [0.5, 0.6) is 11.5 Å². The first kappa shape index (κ1) is 29.5. The van der Waals surface area contributed by atoms with Gasteiger partial charge >= 0.3 is 0 Å². The summed E-state index contributed by atoms with van der Waals surface area (Å²) in [5.41, 5.74) is 1.77. The smallest absolute Gasteiger partial charge is 0.264 e. The van der Waals surface area contributed by atoms with Crippen LogP contribution in [0.2, 0.25) is 0 Å². The SMILES string of the molecule is CCNC(=O)[C@@H](C)N(Cc1ccc(OC)cc1)C(=O)CN(c1cc(C)ccc1OC)S(=O)(=O)c1ccccc1. The molecule has 10 heteroatoms. The van der Waals surface area contributed by atoms with Gasteiger partial charge in [-0.05, 0) is 68.3 Å². The Labute approximate surface area is 230 Å². The molecule has 1 N–H and O–H groups in total. The second kappa shape index (κ2) is 13.1. The summed E-state index contributed by atoms with van der Waals surface area (Å²) in [6.45, 7) is 5.17. The first-order valence-electron chi connectivity index (χ1n) is 12.5. The quantitative estimate of drug-likeness (QED) is 0.366. The summed E-state index contributed by atoms with van der Waals surface area (Å²) in [6.07, 6.45) is 0. The third kappa shape index (κ3) is 7.08. The van der Waals surface area contributed by atoms with Crippen molar-refractivity contribution >= 4 is 27.5 Å². The lowest BCUT2D eigenvalue weighted by molar-refractivity contribution is -0.139. The van der Waals surface area contributed by atoms with Gasteiger partial charge in [-0.1, -0.05) is 36.4 Å². The molecule has 0 spiro atoms. The van der Waals surface area contributed by atoms with Gasteiger partial charge in [0, 0.05) is 13.1 Å². The van der Waals surface area contributed by atoms with Crippen molar-refractivity contribution in [1.29, 1.82) is 0 Å². The third-order valence-electron chi connectivity index (χ3n) is 6.24. The fourth-order valence-electron chi connectivity index (χ4n) is 4.06. The number of aryl methyl sites for hydroxylation is 1. The topological polar surface area (TPSA) is 105 Å². The van der Waals surface area contributed by atoms with E-state index < -0.39 is 28.5 Å². The van der Waals surface area contributed by atoms with Crippen molar-refractivity contribution < 1.29 is 27.5 Å². The number of nitrogens with one attached hydrogen (secondary N) is 1. The number of nitrogens with zero attached hydrogens (tertiary/aromatic N) is 2. The van der Waals surface area contributed by atoms with E-state index in [1.165, 1.54) is 24.1 Å². The zero-order valence-electron chi connectivity index (χ0n) is 22.9. The highest BCUT2D eigenvalue weighted by Crippen LogP contribution is 2.33. The summed E-state index contributed by atoms with van der Waals surface area (Å²) in [5, 5.41) is 2.75. The molecular weight excluding hydrogens is 518 g/mol. The number of methoxy groups -OCH3 is 2. The van der Waals surface area contributed by atoms with Crippen LogP contribution in [0.25, 0.3) is 0 Å². The summed E-state index contributed by atoms with van der Waals surface area (Å²) in [4.78, 5) is 28.2. The van der Waals surface area contributed by atoms with Crippen molar-refractivity contribution in [3.63, 3.8) is 0 Å². The first-order valence-corrected chi connectivity index (χ1v) is 14.0. The molecule has 0 aliphatic carbocycles. The van der Waals surface area contributed by atoms with Crippen LogP contribution in [0.1, 0.15) is 25.0 Å². The maximum absolute atomic E-state index is 13.9. The van der Waals surface area contributed by atoms with Crippen LogP contribution >= 0.6 is 0 Å². The van der Waals surface area contributed by atoms with Gasteiger partial charge in [-0.25, -0.2) is 8.42 Å². The van der Waals surface area contributed by atoms with Gasteiger partial charge in [-0.3, -0.25) is 13.9 Å². The first-order chi connectivity index (χ1) is 18.6. The highest BCUT2D eigenvalue weighted by atomic mass is 32.2. The van der Waals surface area contributed by atoms with E-state index in [1.807, 2.05) is 6.92 Å². The number of carbonyl (C=O) groups excluding carboxylic acids is 2. The van der Waals surface area contributed by atoms with Gasteiger partial charge in [0.2, 0.25) is 11.8 Å². The average molecular weight is 554 g/mol. The van der Waals surface area contributed by atoms with E-state index in [2.05, 4.69) is 5.32 Å². The van der Waals surface area contributed by atoms with Gasteiger partial charge in [-0.15, -0.1) is 0 Å². The fourth-order valence-corrected chi connectivity index (χ4v) is 5.50. The normalized spacial score (nSPS) is 11.8. The van der Waals surface area contributed by atoms with Crippen LogP contribution in [-0.4, -0.2) is 58.5 Å². The number of anilines is 1. The molecule has 39 heavy (non-hydrogen) atoms. The number of carbonyl (C=O) groups is 2. The standard InChI is InChI=1S/C29H35N3O6S/c1-6-30-29(34)22(3)31(19-23-13-15-24(37-4)16-14-23)28(33)20-32(26-18-21(2)12-17-27(26)38-5)39(35,36)25-10-8-7-9-11-25/h7-18,22H,6,19-20H2,1-5H3,(H,30,34)/t22-/m1/s1. The predicted molar refractivity (Wildman–Crippen MR) is 150 cm³/mol. The van der Waals surface area contributed by atoms with Gasteiger partial charge in [0.1, 0.15) is 24.1 Å². The van der Waals surface area contributed by atoms with E-state index in [0.717, 1.165) is 15.4 Å². The minimum atomic E-state index is -4.18. The molecule has 9 nitrogen and oxygen atoms in total. The second-order valence-corrected chi connectivity index (χ2v) is 10.8. The molecule has 0 radical (unpaired) electrons. The van der Waals surface area contributed by atoms with Crippen molar-refractivity contribution in [2.75, 3.05) is 31.6 Å². The Morgan fingerprint density at radius 2 is 1.62 bits per heavy atom. The van der Waals surface area contributed by atoms with Gasteiger partial charge in [-0.2, -0.15) is 0 Å². The van der Waals surface area contributed by atoms with E-state index in [-0.39, 0.29) is 23.0 Å². The molecular formula is C29H35N3O6S. The molecule has 0 aliphatic heterocycles. The van der Waals surface area contributed by atoms with E-state index in [1.54, 1.807) is 81.6 Å². The van der Waals surface area contributed by atoms with E-state index in [4.69, 9.17) is 9.47 Å². The molecule has 208 valence electrons. The zero-order valence-corrected chi connectivity index (χ0v) is 23.7.